The molecule has 3 heterocycles. The van der Waals surface area contributed by atoms with Gasteiger partial charge in [-0.2, -0.15) is 5.10 Å². The van der Waals surface area contributed by atoms with Gasteiger partial charge in [0, 0.05) is 26.4 Å². The van der Waals surface area contributed by atoms with Crippen LogP contribution in [0.4, 0.5) is 5.69 Å². The third-order valence-corrected chi connectivity index (χ3v) is 4.05. The van der Waals surface area contributed by atoms with Crippen molar-refractivity contribution in [2.45, 2.75) is 32.8 Å². The Morgan fingerprint density at radius 2 is 2.39 bits per heavy atom. The molecule has 2 aromatic rings. The maximum absolute atomic E-state index is 12.3. The third kappa shape index (κ3) is 3.01. The molecule has 1 N–H and O–H groups in total. The lowest BCUT2D eigenvalue weighted by Crippen LogP contribution is -2.20. The summed E-state index contributed by atoms with van der Waals surface area (Å²) in [7, 11) is 1.84. The van der Waals surface area contributed by atoms with Crippen LogP contribution < -0.4 is 5.32 Å². The van der Waals surface area contributed by atoms with Gasteiger partial charge in [0.1, 0.15) is 5.56 Å². The van der Waals surface area contributed by atoms with Gasteiger partial charge in [-0.25, -0.2) is 9.78 Å². The lowest BCUT2D eigenvalue weighted by atomic mass is 10.1. The second-order valence-corrected chi connectivity index (χ2v) is 5.69. The second kappa shape index (κ2) is 6.54. The average Bonchev–Trinajstić information content (AvgIpc) is 3.14. The minimum atomic E-state index is -0.375. The van der Waals surface area contributed by atoms with E-state index < -0.39 is 0 Å². The molecule has 0 spiro atoms. The van der Waals surface area contributed by atoms with E-state index in [9.17, 15) is 4.79 Å². The summed E-state index contributed by atoms with van der Waals surface area (Å²) >= 11 is 0. The fourth-order valence-corrected chi connectivity index (χ4v) is 2.98. The zero-order valence-electron chi connectivity index (χ0n) is 13.8. The number of hydrogen-bond acceptors (Lipinski definition) is 6. The van der Waals surface area contributed by atoms with E-state index in [-0.39, 0.29) is 12.1 Å². The van der Waals surface area contributed by atoms with E-state index in [4.69, 9.17) is 9.47 Å². The van der Waals surface area contributed by atoms with Gasteiger partial charge in [0.2, 0.25) is 0 Å². The Hall–Kier alpha value is -2.15. The maximum atomic E-state index is 12.3. The molecule has 1 atom stereocenters. The topological polar surface area (TPSA) is 78.3 Å². The number of carbonyl (C=O) groups is 1. The average molecular weight is 318 g/mol. The Morgan fingerprint density at radius 1 is 1.57 bits per heavy atom. The molecule has 1 aliphatic rings. The van der Waals surface area contributed by atoms with Crippen LogP contribution in [0.1, 0.15) is 35.8 Å². The van der Waals surface area contributed by atoms with Crippen LogP contribution in [0.3, 0.4) is 0 Å². The summed E-state index contributed by atoms with van der Waals surface area (Å²) in [5.41, 5.74) is 2.74. The van der Waals surface area contributed by atoms with E-state index >= 15 is 0 Å². The van der Waals surface area contributed by atoms with Crippen LogP contribution >= 0.6 is 0 Å². The molecule has 1 saturated heterocycles. The van der Waals surface area contributed by atoms with Gasteiger partial charge in [-0.05, 0) is 26.7 Å². The van der Waals surface area contributed by atoms with E-state index in [1.54, 1.807) is 17.8 Å². The molecule has 0 aromatic carbocycles. The number of aryl methyl sites for hydroxylation is 2. The summed E-state index contributed by atoms with van der Waals surface area (Å²) in [6.07, 6.45) is 3.83. The highest BCUT2D eigenvalue weighted by Gasteiger charge is 2.22. The number of hydrogen-bond donors (Lipinski definition) is 1. The summed E-state index contributed by atoms with van der Waals surface area (Å²) in [4.78, 5) is 16.6. The van der Waals surface area contributed by atoms with Crippen LogP contribution in [0.25, 0.3) is 11.0 Å². The largest absolute Gasteiger partial charge is 0.462 e. The van der Waals surface area contributed by atoms with Gasteiger partial charge in [0.05, 0.1) is 29.5 Å². The molecule has 0 bridgehead atoms. The van der Waals surface area contributed by atoms with Gasteiger partial charge in [0.25, 0.3) is 0 Å². The SMILES string of the molecule is CCOC(=O)c1cnc2c(c(C)nn2C)c1NC[C@H]1CCCO1. The van der Waals surface area contributed by atoms with Crippen molar-refractivity contribution in [2.24, 2.45) is 7.05 Å². The zero-order valence-corrected chi connectivity index (χ0v) is 13.8. The third-order valence-electron chi connectivity index (χ3n) is 4.05. The van der Waals surface area contributed by atoms with Gasteiger partial charge in [-0.1, -0.05) is 0 Å². The number of esters is 1. The molecule has 23 heavy (non-hydrogen) atoms. The van der Waals surface area contributed by atoms with Crippen molar-refractivity contribution in [3.8, 4) is 0 Å². The number of ether oxygens (including phenoxy) is 2. The van der Waals surface area contributed by atoms with Gasteiger partial charge < -0.3 is 14.8 Å². The first-order valence-electron chi connectivity index (χ1n) is 7.96. The second-order valence-electron chi connectivity index (χ2n) is 5.69. The fourth-order valence-electron chi connectivity index (χ4n) is 2.98. The number of anilines is 1. The molecule has 3 rings (SSSR count). The molecule has 0 aliphatic carbocycles. The number of nitrogens with one attached hydrogen (secondary N) is 1. The number of rotatable bonds is 5. The van der Waals surface area contributed by atoms with Crippen LogP contribution in [0.5, 0.6) is 0 Å². The van der Waals surface area contributed by atoms with Crippen molar-refractivity contribution in [3.05, 3.63) is 17.5 Å². The molecule has 0 saturated carbocycles. The van der Waals surface area contributed by atoms with E-state index in [2.05, 4.69) is 15.4 Å². The van der Waals surface area contributed by atoms with E-state index in [1.165, 1.54) is 0 Å². The lowest BCUT2D eigenvalue weighted by molar-refractivity contribution is 0.0527. The van der Waals surface area contributed by atoms with Crippen molar-refractivity contribution in [2.75, 3.05) is 25.1 Å². The summed E-state index contributed by atoms with van der Waals surface area (Å²) in [6, 6.07) is 0. The first-order chi connectivity index (χ1) is 11.1. The first kappa shape index (κ1) is 15.7. The Labute approximate surface area is 135 Å². The Bertz CT molecular complexity index is 720. The highest BCUT2D eigenvalue weighted by Crippen LogP contribution is 2.29. The number of nitrogens with zero attached hydrogens (tertiary/aromatic N) is 3. The Morgan fingerprint density at radius 3 is 3.09 bits per heavy atom. The summed E-state index contributed by atoms with van der Waals surface area (Å²) in [5.74, 6) is -0.375. The summed E-state index contributed by atoms with van der Waals surface area (Å²) < 4.78 is 12.5. The van der Waals surface area contributed by atoms with Crippen LogP contribution in [-0.4, -0.2) is 46.6 Å². The van der Waals surface area contributed by atoms with Crippen molar-refractivity contribution in [1.29, 1.82) is 0 Å². The molecule has 0 unspecified atom stereocenters. The molecule has 7 heteroatoms. The molecular weight excluding hydrogens is 296 g/mol. The summed E-state index contributed by atoms with van der Waals surface area (Å²) in [5, 5.41) is 8.64. The molecule has 124 valence electrons. The number of carbonyl (C=O) groups excluding carboxylic acids is 1. The molecule has 0 radical (unpaired) electrons. The van der Waals surface area contributed by atoms with Crippen LogP contribution in [0.15, 0.2) is 6.20 Å². The minimum absolute atomic E-state index is 0.172. The Kier molecular flexibility index (Phi) is 4.47. The molecule has 2 aromatic heterocycles. The smallest absolute Gasteiger partial charge is 0.341 e. The minimum Gasteiger partial charge on any atom is -0.462 e. The zero-order chi connectivity index (χ0) is 16.4. The highest BCUT2D eigenvalue weighted by atomic mass is 16.5. The van der Waals surface area contributed by atoms with Gasteiger partial charge in [-0.3, -0.25) is 4.68 Å². The predicted octanol–water partition coefficient (Wildman–Crippen LogP) is 2.04. The molecule has 0 amide bonds. The van der Waals surface area contributed by atoms with Crippen molar-refractivity contribution in [3.63, 3.8) is 0 Å². The van der Waals surface area contributed by atoms with E-state index in [0.29, 0.717) is 18.7 Å². The van der Waals surface area contributed by atoms with Gasteiger partial charge in [0.15, 0.2) is 5.65 Å². The number of fused-ring (bicyclic) bond motifs is 1. The fraction of sp³-hybridized carbons (Fsp3) is 0.562. The maximum Gasteiger partial charge on any atom is 0.341 e. The van der Waals surface area contributed by atoms with Crippen molar-refractivity contribution < 1.29 is 14.3 Å². The predicted molar refractivity (Wildman–Crippen MR) is 86.7 cm³/mol. The standard InChI is InChI=1S/C16H22N4O3/c1-4-22-16(21)12-9-18-15-13(10(2)19-20(15)3)14(12)17-8-11-6-5-7-23-11/h9,11H,4-8H2,1-3H3,(H,17,18)/t11-/m1/s1. The summed E-state index contributed by atoms with van der Waals surface area (Å²) in [6.45, 7) is 5.48. The quantitative estimate of drug-likeness (QED) is 0.850. The van der Waals surface area contributed by atoms with Gasteiger partial charge in [-0.15, -0.1) is 0 Å². The van der Waals surface area contributed by atoms with Gasteiger partial charge >= 0.3 is 5.97 Å². The van der Waals surface area contributed by atoms with Crippen LogP contribution in [-0.2, 0) is 16.5 Å². The highest BCUT2D eigenvalue weighted by molar-refractivity contribution is 6.05. The number of pyridine rings is 1. The first-order valence-corrected chi connectivity index (χ1v) is 7.96. The monoisotopic (exact) mass is 318 g/mol. The van der Waals surface area contributed by atoms with Crippen molar-refractivity contribution >= 4 is 22.7 Å². The van der Waals surface area contributed by atoms with E-state index in [1.807, 2.05) is 14.0 Å². The lowest BCUT2D eigenvalue weighted by Gasteiger charge is -2.15. The normalized spacial score (nSPS) is 17.6. The number of aromatic nitrogens is 3. The molecular formula is C16H22N4O3. The molecule has 1 fully saturated rings. The van der Waals surface area contributed by atoms with E-state index in [0.717, 1.165) is 41.9 Å². The van der Waals surface area contributed by atoms with Crippen molar-refractivity contribution in [1.82, 2.24) is 14.8 Å². The Balaban J connectivity index is 2.01. The molecule has 7 nitrogen and oxygen atoms in total. The molecule has 1 aliphatic heterocycles. The van der Waals surface area contributed by atoms with Crippen LogP contribution in [0, 0.1) is 6.92 Å². The van der Waals surface area contributed by atoms with Crippen LogP contribution in [0.2, 0.25) is 0 Å².